The number of carbonyl (C=O) groups excluding carboxylic acids is 1. The summed E-state index contributed by atoms with van der Waals surface area (Å²) in [5.74, 6) is 3.77. The molecule has 0 aliphatic carbocycles. The number of nitriles is 1. The molecule has 0 saturated heterocycles. The molecule has 0 heterocycles. The van der Waals surface area contributed by atoms with Crippen molar-refractivity contribution < 1.29 is 18.7 Å². The molecule has 1 amide bonds. The molecule has 18 heavy (non-hydrogen) atoms. The largest absolute Gasteiger partial charge is 0.478 e. The number of carbonyl (C=O) groups is 1. The summed E-state index contributed by atoms with van der Waals surface area (Å²) >= 11 is 0. The van der Waals surface area contributed by atoms with Gasteiger partial charge in [0.2, 0.25) is 6.10 Å². The quantitative estimate of drug-likeness (QED) is 0.440. The molecule has 1 aromatic rings. The first kappa shape index (κ1) is 13.9. The number of nitrogens with zero attached hydrogens (tertiary/aromatic N) is 1. The van der Waals surface area contributed by atoms with Crippen molar-refractivity contribution >= 4 is 5.91 Å². The molecule has 0 radical (unpaired) electrons. The van der Waals surface area contributed by atoms with Crippen molar-refractivity contribution in [3.63, 3.8) is 0 Å². The number of ether oxygens (including phenoxy) is 2. The SMILES string of the molecule is COCC(Oc1ccc(C#N)c(F)c1)C(=O)NN. The third-order valence-corrected chi connectivity index (χ3v) is 2.09. The second-order valence-corrected chi connectivity index (χ2v) is 3.32. The van der Waals surface area contributed by atoms with E-state index in [1.165, 1.54) is 19.2 Å². The molecule has 6 nitrogen and oxygen atoms in total. The molecular weight excluding hydrogens is 241 g/mol. The van der Waals surface area contributed by atoms with Gasteiger partial charge in [0.05, 0.1) is 12.2 Å². The molecule has 1 unspecified atom stereocenters. The molecule has 0 bridgehead atoms. The van der Waals surface area contributed by atoms with Crippen LogP contribution in [0.5, 0.6) is 5.75 Å². The van der Waals surface area contributed by atoms with E-state index >= 15 is 0 Å². The van der Waals surface area contributed by atoms with Crippen LogP contribution in [0, 0.1) is 17.1 Å². The average molecular weight is 253 g/mol. The van der Waals surface area contributed by atoms with Crippen LogP contribution in [-0.4, -0.2) is 25.7 Å². The zero-order chi connectivity index (χ0) is 13.5. The van der Waals surface area contributed by atoms with E-state index in [-0.39, 0.29) is 17.9 Å². The first-order valence-electron chi connectivity index (χ1n) is 4.98. The highest BCUT2D eigenvalue weighted by Crippen LogP contribution is 2.17. The molecule has 1 rings (SSSR count). The summed E-state index contributed by atoms with van der Waals surface area (Å²) in [6.45, 7) is -0.0370. The van der Waals surface area contributed by atoms with Gasteiger partial charge in [-0.3, -0.25) is 10.2 Å². The Morgan fingerprint density at radius 3 is 2.89 bits per heavy atom. The van der Waals surface area contributed by atoms with Gasteiger partial charge in [0.1, 0.15) is 17.6 Å². The molecule has 0 aliphatic heterocycles. The highest BCUT2D eigenvalue weighted by Gasteiger charge is 2.19. The fraction of sp³-hybridized carbons (Fsp3) is 0.273. The fourth-order valence-corrected chi connectivity index (χ4v) is 1.23. The van der Waals surface area contributed by atoms with E-state index in [1.54, 1.807) is 6.07 Å². The number of hydrogen-bond donors (Lipinski definition) is 2. The van der Waals surface area contributed by atoms with E-state index < -0.39 is 17.8 Å². The minimum atomic E-state index is -0.993. The second-order valence-electron chi connectivity index (χ2n) is 3.32. The third-order valence-electron chi connectivity index (χ3n) is 2.09. The first-order valence-corrected chi connectivity index (χ1v) is 4.98. The molecule has 0 fully saturated rings. The Hall–Kier alpha value is -2.17. The number of benzene rings is 1. The fourth-order valence-electron chi connectivity index (χ4n) is 1.23. The van der Waals surface area contributed by atoms with Crippen molar-refractivity contribution in [2.75, 3.05) is 13.7 Å². The van der Waals surface area contributed by atoms with E-state index in [9.17, 15) is 9.18 Å². The Morgan fingerprint density at radius 1 is 1.67 bits per heavy atom. The van der Waals surface area contributed by atoms with Crippen molar-refractivity contribution in [3.8, 4) is 11.8 Å². The Balaban J connectivity index is 2.84. The van der Waals surface area contributed by atoms with Crippen LogP contribution in [0.25, 0.3) is 0 Å². The zero-order valence-corrected chi connectivity index (χ0v) is 9.64. The summed E-state index contributed by atoms with van der Waals surface area (Å²) < 4.78 is 23.3. The predicted molar refractivity (Wildman–Crippen MR) is 59.7 cm³/mol. The molecule has 96 valence electrons. The van der Waals surface area contributed by atoms with Gasteiger partial charge in [-0.1, -0.05) is 0 Å². The lowest BCUT2D eigenvalue weighted by molar-refractivity contribution is -0.130. The van der Waals surface area contributed by atoms with E-state index in [1.807, 2.05) is 5.43 Å². The lowest BCUT2D eigenvalue weighted by atomic mass is 10.2. The van der Waals surface area contributed by atoms with E-state index in [2.05, 4.69) is 0 Å². The lowest BCUT2D eigenvalue weighted by Gasteiger charge is -2.16. The summed E-state index contributed by atoms with van der Waals surface area (Å²) in [7, 11) is 1.39. The number of nitrogens with one attached hydrogen (secondary N) is 1. The van der Waals surface area contributed by atoms with Crippen LogP contribution in [0.4, 0.5) is 4.39 Å². The Labute approximate surface area is 103 Å². The van der Waals surface area contributed by atoms with Crippen molar-refractivity contribution in [1.82, 2.24) is 5.43 Å². The minimum absolute atomic E-state index is 0.0370. The minimum Gasteiger partial charge on any atom is -0.478 e. The van der Waals surface area contributed by atoms with Gasteiger partial charge in [-0.15, -0.1) is 0 Å². The van der Waals surface area contributed by atoms with Gasteiger partial charge in [0.25, 0.3) is 5.91 Å². The molecule has 1 aromatic carbocycles. The molecule has 3 N–H and O–H groups in total. The van der Waals surface area contributed by atoms with E-state index in [0.29, 0.717) is 0 Å². The number of rotatable bonds is 5. The summed E-state index contributed by atoms with van der Waals surface area (Å²) in [6, 6.07) is 5.34. The van der Waals surface area contributed by atoms with E-state index in [4.69, 9.17) is 20.6 Å². The zero-order valence-electron chi connectivity index (χ0n) is 9.64. The average Bonchev–Trinajstić information content (AvgIpc) is 2.37. The van der Waals surface area contributed by atoms with Crippen LogP contribution in [0.3, 0.4) is 0 Å². The number of hydrogen-bond acceptors (Lipinski definition) is 5. The van der Waals surface area contributed by atoms with Crippen molar-refractivity contribution in [2.24, 2.45) is 5.84 Å². The van der Waals surface area contributed by atoms with Crippen LogP contribution in [-0.2, 0) is 9.53 Å². The summed E-state index contributed by atoms with van der Waals surface area (Å²) in [4.78, 5) is 11.3. The van der Waals surface area contributed by atoms with Gasteiger partial charge in [-0.05, 0) is 12.1 Å². The van der Waals surface area contributed by atoms with Crippen LogP contribution in [0.1, 0.15) is 5.56 Å². The molecule has 1 atom stereocenters. The lowest BCUT2D eigenvalue weighted by Crippen LogP contribution is -2.44. The van der Waals surface area contributed by atoms with Crippen molar-refractivity contribution in [1.29, 1.82) is 5.26 Å². The maximum absolute atomic E-state index is 13.3. The summed E-state index contributed by atoms with van der Waals surface area (Å²) in [6.07, 6.45) is -0.993. The highest BCUT2D eigenvalue weighted by atomic mass is 19.1. The van der Waals surface area contributed by atoms with Crippen LogP contribution < -0.4 is 16.0 Å². The van der Waals surface area contributed by atoms with Gasteiger partial charge in [-0.25, -0.2) is 10.2 Å². The number of amides is 1. The maximum atomic E-state index is 13.3. The Morgan fingerprint density at radius 2 is 2.39 bits per heavy atom. The number of nitrogens with two attached hydrogens (primary N) is 1. The molecule has 0 saturated carbocycles. The number of halogens is 1. The van der Waals surface area contributed by atoms with E-state index in [0.717, 1.165) is 6.07 Å². The normalized spacial score (nSPS) is 11.4. The smallest absolute Gasteiger partial charge is 0.277 e. The van der Waals surface area contributed by atoms with Crippen LogP contribution in [0.2, 0.25) is 0 Å². The topological polar surface area (TPSA) is 97.4 Å². The van der Waals surface area contributed by atoms with Crippen LogP contribution >= 0.6 is 0 Å². The molecular formula is C11H12FN3O3. The molecule has 7 heteroatoms. The van der Waals surface area contributed by atoms with Crippen molar-refractivity contribution in [3.05, 3.63) is 29.6 Å². The van der Waals surface area contributed by atoms with Crippen molar-refractivity contribution in [2.45, 2.75) is 6.10 Å². The van der Waals surface area contributed by atoms with Gasteiger partial charge < -0.3 is 9.47 Å². The van der Waals surface area contributed by atoms with Gasteiger partial charge >= 0.3 is 0 Å². The first-order chi connectivity index (χ1) is 8.62. The molecule has 0 spiro atoms. The third kappa shape index (κ3) is 3.41. The standard InChI is InChI=1S/C11H12FN3O3/c1-17-6-10(11(16)15-14)18-8-3-2-7(5-13)9(12)4-8/h2-4,10H,6,14H2,1H3,(H,15,16). The maximum Gasteiger partial charge on any atom is 0.277 e. The van der Waals surface area contributed by atoms with Gasteiger partial charge in [-0.2, -0.15) is 5.26 Å². The second kappa shape index (κ2) is 6.54. The summed E-state index contributed by atoms with van der Waals surface area (Å²) in [5, 5.41) is 8.57. The predicted octanol–water partition coefficient (Wildman–Crippen LogP) is 0.0811. The van der Waals surface area contributed by atoms with Crippen LogP contribution in [0.15, 0.2) is 18.2 Å². The van der Waals surface area contributed by atoms with Gasteiger partial charge in [0, 0.05) is 13.2 Å². The molecule has 0 aromatic heterocycles. The highest BCUT2D eigenvalue weighted by molar-refractivity contribution is 5.80. The monoisotopic (exact) mass is 253 g/mol. The number of hydrazine groups is 1. The summed E-state index contributed by atoms with van der Waals surface area (Å²) in [5.41, 5.74) is 1.81. The molecule has 0 aliphatic rings. The Bertz CT molecular complexity index is 473. The Kier molecular flexibility index (Phi) is 5.05. The van der Waals surface area contributed by atoms with Gasteiger partial charge in [0.15, 0.2) is 0 Å². The number of methoxy groups -OCH3 is 1.